The lowest BCUT2D eigenvalue weighted by atomic mass is 10.1. The average Bonchev–Trinajstić information content (AvgIpc) is 2.92. The van der Waals surface area contributed by atoms with E-state index in [1.165, 1.54) is 24.3 Å². The Morgan fingerprint density at radius 2 is 1.86 bits per heavy atom. The van der Waals surface area contributed by atoms with E-state index in [1.54, 1.807) is 0 Å². The van der Waals surface area contributed by atoms with Crippen molar-refractivity contribution in [1.29, 1.82) is 0 Å². The van der Waals surface area contributed by atoms with Gasteiger partial charge in [0.1, 0.15) is 17.2 Å². The topological polar surface area (TPSA) is 42.2 Å². The Morgan fingerprint density at radius 3 is 2.57 bits per heavy atom. The second kappa shape index (κ2) is 5.40. The summed E-state index contributed by atoms with van der Waals surface area (Å²) in [6.45, 7) is 1.85. The van der Waals surface area contributed by atoms with Gasteiger partial charge in [-0.1, -0.05) is 18.2 Å². The maximum atomic E-state index is 12.8. The first-order valence-electron chi connectivity index (χ1n) is 6.68. The van der Waals surface area contributed by atoms with Crippen LogP contribution in [0.25, 0.3) is 11.0 Å². The lowest BCUT2D eigenvalue weighted by Gasteiger charge is -2.11. The van der Waals surface area contributed by atoms with Gasteiger partial charge in [0.15, 0.2) is 0 Å². The van der Waals surface area contributed by atoms with Crippen LogP contribution in [0.15, 0.2) is 59.0 Å². The third-order valence-corrected chi connectivity index (χ3v) is 3.33. The Hall–Kier alpha value is -2.62. The monoisotopic (exact) mass is 283 g/mol. The van der Waals surface area contributed by atoms with Crippen molar-refractivity contribution in [3.05, 3.63) is 71.7 Å². The fraction of sp³-hybridized carbons (Fsp3) is 0.118. The molecule has 0 saturated heterocycles. The number of fused-ring (bicyclic) bond motifs is 1. The number of benzene rings is 2. The molecule has 1 heterocycles. The van der Waals surface area contributed by atoms with E-state index in [2.05, 4.69) is 5.32 Å². The molecular formula is C17H14FNO2. The third-order valence-electron chi connectivity index (χ3n) is 3.33. The Kier molecular flexibility index (Phi) is 3.44. The number of carbonyl (C=O) groups is 1. The molecule has 1 atom stereocenters. The summed E-state index contributed by atoms with van der Waals surface area (Å²) in [5.41, 5.74) is 1.20. The summed E-state index contributed by atoms with van der Waals surface area (Å²) in [6.07, 6.45) is 0. The molecule has 106 valence electrons. The Labute approximate surface area is 121 Å². The largest absolute Gasteiger partial charge is 0.459 e. The number of carbonyl (C=O) groups excluding carboxylic acids is 1. The van der Waals surface area contributed by atoms with Crippen molar-refractivity contribution in [2.45, 2.75) is 13.0 Å². The van der Waals surface area contributed by atoms with Crippen LogP contribution in [0.4, 0.5) is 4.39 Å². The maximum Gasteiger partial charge on any atom is 0.251 e. The van der Waals surface area contributed by atoms with Crippen LogP contribution in [0.2, 0.25) is 0 Å². The van der Waals surface area contributed by atoms with Crippen molar-refractivity contribution in [1.82, 2.24) is 5.32 Å². The van der Waals surface area contributed by atoms with Crippen LogP contribution >= 0.6 is 0 Å². The minimum atomic E-state index is -0.364. The molecule has 4 heteroatoms. The van der Waals surface area contributed by atoms with E-state index in [-0.39, 0.29) is 17.8 Å². The molecule has 0 saturated carbocycles. The first kappa shape index (κ1) is 13.4. The number of furan rings is 1. The van der Waals surface area contributed by atoms with Crippen molar-refractivity contribution in [3.8, 4) is 0 Å². The van der Waals surface area contributed by atoms with Crippen LogP contribution in [0.5, 0.6) is 0 Å². The van der Waals surface area contributed by atoms with Crippen LogP contribution in [0.1, 0.15) is 29.1 Å². The van der Waals surface area contributed by atoms with E-state index < -0.39 is 0 Å². The first-order chi connectivity index (χ1) is 10.1. The van der Waals surface area contributed by atoms with E-state index in [4.69, 9.17) is 4.42 Å². The summed E-state index contributed by atoms with van der Waals surface area (Å²) in [5.74, 6) is 0.0616. The van der Waals surface area contributed by atoms with Gasteiger partial charge in [0.05, 0.1) is 6.04 Å². The minimum absolute atomic E-state index is 0.261. The van der Waals surface area contributed by atoms with Gasteiger partial charge in [0.2, 0.25) is 0 Å². The van der Waals surface area contributed by atoms with Crippen molar-refractivity contribution >= 4 is 16.9 Å². The summed E-state index contributed by atoms with van der Waals surface area (Å²) in [6, 6.07) is 14.7. The van der Waals surface area contributed by atoms with E-state index in [9.17, 15) is 9.18 Å². The van der Waals surface area contributed by atoms with Gasteiger partial charge in [0.25, 0.3) is 5.91 Å². The number of hydrogen-bond acceptors (Lipinski definition) is 2. The Bertz CT molecular complexity index is 744. The summed E-state index contributed by atoms with van der Waals surface area (Å²) in [7, 11) is 0. The van der Waals surface area contributed by atoms with Crippen molar-refractivity contribution in [2.24, 2.45) is 0 Å². The predicted molar refractivity (Wildman–Crippen MR) is 78.5 cm³/mol. The summed E-state index contributed by atoms with van der Waals surface area (Å²) >= 11 is 0. The highest BCUT2D eigenvalue weighted by molar-refractivity contribution is 5.94. The van der Waals surface area contributed by atoms with Crippen molar-refractivity contribution in [3.63, 3.8) is 0 Å². The fourth-order valence-corrected chi connectivity index (χ4v) is 2.17. The van der Waals surface area contributed by atoms with Crippen molar-refractivity contribution in [2.75, 3.05) is 0 Å². The van der Waals surface area contributed by atoms with Crippen LogP contribution in [-0.4, -0.2) is 5.91 Å². The number of rotatable bonds is 3. The van der Waals surface area contributed by atoms with Gasteiger partial charge in [-0.05, 0) is 43.3 Å². The second-order valence-electron chi connectivity index (χ2n) is 4.89. The van der Waals surface area contributed by atoms with E-state index in [1.807, 2.05) is 37.3 Å². The van der Waals surface area contributed by atoms with Gasteiger partial charge in [-0.15, -0.1) is 0 Å². The molecule has 1 unspecified atom stereocenters. The highest BCUT2D eigenvalue weighted by atomic mass is 19.1. The molecule has 1 aromatic heterocycles. The quantitative estimate of drug-likeness (QED) is 0.787. The molecular weight excluding hydrogens is 269 g/mol. The SMILES string of the molecule is CC(NC(=O)c1ccc(F)cc1)c1cc2ccccc2o1. The molecule has 0 aliphatic heterocycles. The molecule has 1 N–H and O–H groups in total. The lowest BCUT2D eigenvalue weighted by molar-refractivity contribution is 0.0935. The zero-order valence-corrected chi connectivity index (χ0v) is 11.5. The van der Waals surface area contributed by atoms with Crippen LogP contribution < -0.4 is 5.32 Å². The van der Waals surface area contributed by atoms with E-state index >= 15 is 0 Å². The number of amides is 1. The summed E-state index contributed by atoms with van der Waals surface area (Å²) in [5, 5.41) is 3.83. The normalized spacial score (nSPS) is 12.3. The molecule has 21 heavy (non-hydrogen) atoms. The fourth-order valence-electron chi connectivity index (χ4n) is 2.17. The minimum Gasteiger partial charge on any atom is -0.459 e. The molecule has 2 aromatic carbocycles. The van der Waals surface area contributed by atoms with Gasteiger partial charge in [-0.3, -0.25) is 4.79 Å². The molecule has 1 amide bonds. The maximum absolute atomic E-state index is 12.8. The summed E-state index contributed by atoms with van der Waals surface area (Å²) < 4.78 is 18.6. The zero-order chi connectivity index (χ0) is 14.8. The van der Waals surface area contributed by atoms with Crippen molar-refractivity contribution < 1.29 is 13.6 Å². The smallest absolute Gasteiger partial charge is 0.251 e. The molecule has 0 spiro atoms. The third kappa shape index (κ3) is 2.79. The molecule has 3 rings (SSSR count). The van der Waals surface area contributed by atoms with Gasteiger partial charge in [0, 0.05) is 10.9 Å². The highest BCUT2D eigenvalue weighted by Crippen LogP contribution is 2.23. The lowest BCUT2D eigenvalue weighted by Crippen LogP contribution is -2.26. The van der Waals surface area contributed by atoms with Gasteiger partial charge in [-0.2, -0.15) is 0 Å². The Morgan fingerprint density at radius 1 is 1.14 bits per heavy atom. The standard InChI is InChI=1S/C17H14FNO2/c1-11(16-10-13-4-2-3-5-15(13)21-16)19-17(20)12-6-8-14(18)9-7-12/h2-11H,1H3,(H,19,20). The molecule has 0 aliphatic carbocycles. The summed E-state index contributed by atoms with van der Waals surface area (Å²) in [4.78, 5) is 12.1. The number of hydrogen-bond donors (Lipinski definition) is 1. The van der Waals surface area contributed by atoms with Gasteiger partial charge < -0.3 is 9.73 Å². The van der Waals surface area contributed by atoms with E-state index in [0.717, 1.165) is 11.0 Å². The van der Waals surface area contributed by atoms with Crippen LogP contribution in [0.3, 0.4) is 0 Å². The molecule has 3 nitrogen and oxygen atoms in total. The molecule has 3 aromatic rings. The molecule has 0 bridgehead atoms. The number of para-hydroxylation sites is 1. The zero-order valence-electron chi connectivity index (χ0n) is 11.5. The highest BCUT2D eigenvalue weighted by Gasteiger charge is 2.15. The molecule has 0 aliphatic rings. The first-order valence-corrected chi connectivity index (χ1v) is 6.68. The number of halogens is 1. The predicted octanol–water partition coefficient (Wildman–Crippen LogP) is 4.06. The molecule has 0 radical (unpaired) electrons. The number of nitrogens with one attached hydrogen (secondary N) is 1. The second-order valence-corrected chi connectivity index (χ2v) is 4.89. The molecule has 0 fully saturated rings. The van der Waals surface area contributed by atoms with Crippen LogP contribution in [-0.2, 0) is 0 Å². The van der Waals surface area contributed by atoms with Crippen LogP contribution in [0, 0.1) is 5.82 Å². The average molecular weight is 283 g/mol. The van der Waals surface area contributed by atoms with E-state index in [0.29, 0.717) is 11.3 Å². The van der Waals surface area contributed by atoms with Gasteiger partial charge >= 0.3 is 0 Å². The van der Waals surface area contributed by atoms with Gasteiger partial charge in [-0.25, -0.2) is 4.39 Å². The Balaban J connectivity index is 1.77.